The molecule has 0 bridgehead atoms. The molecule has 90 valence electrons. The van der Waals surface area contributed by atoms with Gasteiger partial charge in [-0.15, -0.1) is 6.42 Å². The molecule has 0 radical (unpaired) electrons. The number of rotatable bonds is 4. The minimum Gasteiger partial charge on any atom is -0.507 e. The van der Waals surface area contributed by atoms with Crippen molar-refractivity contribution in [1.82, 2.24) is 4.72 Å². The van der Waals surface area contributed by atoms with Crippen LogP contribution in [0.4, 0.5) is 0 Å². The summed E-state index contributed by atoms with van der Waals surface area (Å²) in [4.78, 5) is 10.4. The Morgan fingerprint density at radius 2 is 2.12 bits per heavy atom. The Hall–Kier alpha value is -2.04. The van der Waals surface area contributed by atoms with Gasteiger partial charge in [0, 0.05) is 0 Å². The second-order valence-electron chi connectivity index (χ2n) is 3.01. The molecule has 0 aliphatic rings. The predicted octanol–water partition coefficient (Wildman–Crippen LogP) is 0.00190. The van der Waals surface area contributed by atoms with Crippen molar-refractivity contribution in [3.8, 4) is 18.1 Å². The molecule has 0 saturated heterocycles. The van der Waals surface area contributed by atoms with E-state index in [2.05, 4.69) is 10.6 Å². The number of phenols is 1. The molecule has 3 N–H and O–H groups in total. The maximum atomic E-state index is 11.6. The lowest BCUT2D eigenvalue weighted by Crippen LogP contribution is -2.24. The largest absolute Gasteiger partial charge is 0.507 e. The molecular formula is C10H9NO5S. The molecule has 0 fully saturated rings. The number of benzene rings is 1. The van der Waals surface area contributed by atoms with Crippen LogP contribution in [0.3, 0.4) is 0 Å². The van der Waals surface area contributed by atoms with Gasteiger partial charge < -0.3 is 10.2 Å². The maximum Gasteiger partial charge on any atom is 0.339 e. The number of terminal acetylenes is 1. The first kappa shape index (κ1) is 13.0. The smallest absolute Gasteiger partial charge is 0.339 e. The molecule has 0 aromatic heterocycles. The van der Waals surface area contributed by atoms with E-state index in [-0.39, 0.29) is 11.4 Å². The van der Waals surface area contributed by atoms with Crippen molar-refractivity contribution in [3.05, 3.63) is 23.8 Å². The molecule has 1 rings (SSSR count). The lowest BCUT2D eigenvalue weighted by molar-refractivity contribution is 0.0693. The standard InChI is InChI=1S/C10H9NO5S/c1-2-5-11-17(15,16)7-3-4-9(12)8(6-7)10(13)14/h1,3-4,6,11-12H,5H2,(H,13,14). The first-order valence-electron chi connectivity index (χ1n) is 4.38. The zero-order valence-electron chi connectivity index (χ0n) is 8.54. The summed E-state index contributed by atoms with van der Waals surface area (Å²) >= 11 is 0. The molecule has 0 unspecified atom stereocenters. The number of hydrogen-bond acceptors (Lipinski definition) is 4. The van der Waals surface area contributed by atoms with Gasteiger partial charge in [0.1, 0.15) is 11.3 Å². The van der Waals surface area contributed by atoms with Crippen molar-refractivity contribution in [2.45, 2.75) is 4.90 Å². The van der Waals surface area contributed by atoms with Crippen LogP contribution < -0.4 is 4.72 Å². The van der Waals surface area contributed by atoms with E-state index in [0.29, 0.717) is 0 Å². The van der Waals surface area contributed by atoms with Crippen molar-refractivity contribution in [3.63, 3.8) is 0 Å². The van der Waals surface area contributed by atoms with Crippen LogP contribution >= 0.6 is 0 Å². The first-order chi connectivity index (χ1) is 7.88. The highest BCUT2D eigenvalue weighted by Gasteiger charge is 2.17. The van der Waals surface area contributed by atoms with E-state index in [0.717, 1.165) is 18.2 Å². The van der Waals surface area contributed by atoms with Gasteiger partial charge >= 0.3 is 5.97 Å². The third kappa shape index (κ3) is 2.96. The summed E-state index contributed by atoms with van der Waals surface area (Å²) in [6, 6.07) is 2.94. The van der Waals surface area contributed by atoms with Gasteiger partial charge in [-0.25, -0.2) is 13.2 Å². The average molecular weight is 255 g/mol. The summed E-state index contributed by atoms with van der Waals surface area (Å²) < 4.78 is 25.3. The second kappa shape index (κ2) is 4.86. The Bertz CT molecular complexity index is 585. The van der Waals surface area contributed by atoms with Gasteiger partial charge in [-0.2, -0.15) is 4.72 Å². The van der Waals surface area contributed by atoms with E-state index < -0.39 is 27.3 Å². The lowest BCUT2D eigenvalue weighted by atomic mass is 10.2. The third-order valence-electron chi connectivity index (χ3n) is 1.87. The van der Waals surface area contributed by atoms with E-state index in [1.54, 1.807) is 0 Å². The monoisotopic (exact) mass is 255 g/mol. The molecule has 0 amide bonds. The van der Waals surface area contributed by atoms with Crippen molar-refractivity contribution < 1.29 is 23.4 Å². The molecule has 0 heterocycles. The Morgan fingerprint density at radius 3 is 2.65 bits per heavy atom. The molecular weight excluding hydrogens is 246 g/mol. The Kier molecular flexibility index (Phi) is 3.73. The van der Waals surface area contributed by atoms with E-state index in [9.17, 15) is 18.3 Å². The van der Waals surface area contributed by atoms with E-state index in [4.69, 9.17) is 11.5 Å². The summed E-state index contributed by atoms with van der Waals surface area (Å²) in [7, 11) is -3.86. The van der Waals surface area contributed by atoms with Crippen molar-refractivity contribution in [2.24, 2.45) is 0 Å². The normalized spacial score (nSPS) is 10.8. The molecule has 0 saturated carbocycles. The van der Waals surface area contributed by atoms with E-state index in [1.807, 2.05) is 0 Å². The van der Waals surface area contributed by atoms with Crippen LogP contribution in [0, 0.1) is 12.3 Å². The zero-order valence-corrected chi connectivity index (χ0v) is 9.36. The fraction of sp³-hybridized carbons (Fsp3) is 0.100. The summed E-state index contributed by atoms with van der Waals surface area (Å²) in [5.41, 5.74) is -0.492. The number of hydrogen-bond donors (Lipinski definition) is 3. The first-order valence-corrected chi connectivity index (χ1v) is 5.86. The molecule has 0 aliphatic carbocycles. The number of sulfonamides is 1. The molecule has 0 spiro atoms. The molecule has 17 heavy (non-hydrogen) atoms. The van der Waals surface area contributed by atoms with Gasteiger partial charge in [0.15, 0.2) is 0 Å². The Balaban J connectivity index is 3.21. The number of aromatic hydroxyl groups is 1. The number of nitrogens with one attached hydrogen (secondary N) is 1. The fourth-order valence-electron chi connectivity index (χ4n) is 1.07. The van der Waals surface area contributed by atoms with E-state index >= 15 is 0 Å². The summed E-state index contributed by atoms with van der Waals surface area (Å²) in [5, 5.41) is 17.9. The summed E-state index contributed by atoms with van der Waals surface area (Å²) in [5.74, 6) is 0.160. The highest BCUT2D eigenvalue weighted by molar-refractivity contribution is 7.89. The SMILES string of the molecule is C#CCNS(=O)(=O)c1ccc(O)c(C(=O)O)c1. The second-order valence-corrected chi connectivity index (χ2v) is 4.78. The van der Waals surface area contributed by atoms with Gasteiger partial charge in [-0.1, -0.05) is 5.92 Å². The van der Waals surface area contributed by atoms with Gasteiger partial charge in [-0.3, -0.25) is 0 Å². The van der Waals surface area contributed by atoms with Crippen molar-refractivity contribution in [2.75, 3.05) is 6.54 Å². The molecule has 0 aliphatic heterocycles. The quantitative estimate of drug-likeness (QED) is 0.657. The van der Waals surface area contributed by atoms with Crippen LogP contribution in [-0.2, 0) is 10.0 Å². The van der Waals surface area contributed by atoms with Gasteiger partial charge in [0.2, 0.25) is 10.0 Å². The molecule has 1 aromatic rings. The summed E-state index contributed by atoms with van der Waals surface area (Å²) in [6.45, 7) is -0.203. The van der Waals surface area contributed by atoms with Crippen LogP contribution in [0.5, 0.6) is 5.75 Å². The van der Waals surface area contributed by atoms with Crippen LogP contribution in [0.15, 0.2) is 23.1 Å². The molecule has 1 aromatic carbocycles. The Morgan fingerprint density at radius 1 is 1.47 bits per heavy atom. The number of aromatic carboxylic acids is 1. The van der Waals surface area contributed by atoms with Gasteiger partial charge in [-0.05, 0) is 18.2 Å². The summed E-state index contributed by atoms with van der Waals surface area (Å²) in [6.07, 6.45) is 4.90. The van der Waals surface area contributed by atoms with Crippen LogP contribution in [0.1, 0.15) is 10.4 Å². The topological polar surface area (TPSA) is 104 Å². The van der Waals surface area contributed by atoms with Crippen molar-refractivity contribution >= 4 is 16.0 Å². The fourth-order valence-corrected chi connectivity index (χ4v) is 2.03. The number of carboxylic acid groups (broad SMARTS) is 1. The lowest BCUT2D eigenvalue weighted by Gasteiger charge is -2.06. The minimum atomic E-state index is -3.86. The van der Waals surface area contributed by atoms with Crippen LogP contribution in [-0.4, -0.2) is 31.1 Å². The molecule has 7 heteroatoms. The zero-order chi connectivity index (χ0) is 13.1. The van der Waals surface area contributed by atoms with Crippen LogP contribution in [0.25, 0.3) is 0 Å². The molecule has 0 atom stereocenters. The number of carbonyl (C=O) groups is 1. The third-order valence-corrected chi connectivity index (χ3v) is 3.27. The highest BCUT2D eigenvalue weighted by Crippen LogP contribution is 2.21. The maximum absolute atomic E-state index is 11.6. The van der Waals surface area contributed by atoms with E-state index in [1.165, 1.54) is 0 Å². The minimum absolute atomic E-state index is 0.203. The highest BCUT2D eigenvalue weighted by atomic mass is 32.2. The number of carboxylic acids is 1. The van der Waals surface area contributed by atoms with Gasteiger partial charge in [0.25, 0.3) is 0 Å². The molecule has 6 nitrogen and oxygen atoms in total. The predicted molar refractivity (Wildman–Crippen MR) is 59.1 cm³/mol. The Labute approximate surface area is 98.0 Å². The van der Waals surface area contributed by atoms with Gasteiger partial charge in [0.05, 0.1) is 11.4 Å². The van der Waals surface area contributed by atoms with Crippen molar-refractivity contribution in [1.29, 1.82) is 0 Å². The van der Waals surface area contributed by atoms with Crippen LogP contribution in [0.2, 0.25) is 0 Å². The average Bonchev–Trinajstić information content (AvgIpc) is 2.26.